The average molecular weight is 343 g/mol. The van der Waals surface area contributed by atoms with E-state index in [9.17, 15) is 15.0 Å². The normalized spacial score (nSPS) is 10.3. The third-order valence-corrected chi connectivity index (χ3v) is 3.26. The molecule has 0 saturated carbocycles. The molecule has 0 aliphatic carbocycles. The van der Waals surface area contributed by atoms with Gasteiger partial charge in [-0.05, 0) is 24.3 Å². The van der Waals surface area contributed by atoms with Gasteiger partial charge in [0.15, 0.2) is 0 Å². The van der Waals surface area contributed by atoms with Crippen molar-refractivity contribution in [2.75, 3.05) is 0 Å². The maximum Gasteiger partial charge on any atom is 0.508 e. The maximum atomic E-state index is 11.5. The van der Waals surface area contributed by atoms with Crippen molar-refractivity contribution in [3.63, 3.8) is 0 Å². The summed E-state index contributed by atoms with van der Waals surface area (Å²) in [6, 6.07) is 8.90. The summed E-state index contributed by atoms with van der Waals surface area (Å²) in [5, 5.41) is 20.0. The first kappa shape index (κ1) is 16.3. The zero-order valence-corrected chi connectivity index (χ0v) is 12.8. The van der Waals surface area contributed by atoms with E-state index in [1.54, 1.807) is 12.1 Å². The van der Waals surface area contributed by atoms with E-state index in [1.165, 1.54) is 24.3 Å². The Balaban J connectivity index is 1.85. The molecular weight excluding hydrogens is 331 g/mol. The number of phenolic OH excluding ortho intramolecular Hbond substituents is 2. The molecule has 0 radical (unpaired) electrons. The van der Waals surface area contributed by atoms with Crippen molar-refractivity contribution in [3.8, 4) is 11.5 Å². The van der Waals surface area contributed by atoms with Gasteiger partial charge in [-0.3, -0.25) is 0 Å². The van der Waals surface area contributed by atoms with Crippen molar-refractivity contribution in [1.29, 1.82) is 0 Å². The second-order valence-corrected chi connectivity index (χ2v) is 5.25. The van der Waals surface area contributed by atoms with Gasteiger partial charge in [0.1, 0.15) is 24.7 Å². The quantitative estimate of drug-likeness (QED) is 0.812. The van der Waals surface area contributed by atoms with E-state index in [1.807, 2.05) is 0 Å². The molecule has 0 heterocycles. The zero-order valence-electron chi connectivity index (χ0n) is 11.3. The molecule has 2 N–H and O–H groups in total. The van der Waals surface area contributed by atoms with Gasteiger partial charge in [0.2, 0.25) is 0 Å². The van der Waals surface area contributed by atoms with Crippen molar-refractivity contribution < 1.29 is 24.5 Å². The highest BCUT2D eigenvalue weighted by Crippen LogP contribution is 2.24. The molecular formula is C15H12Cl2O5. The topological polar surface area (TPSA) is 76.0 Å². The third-order valence-electron chi connectivity index (χ3n) is 2.79. The molecule has 0 aliphatic rings. The summed E-state index contributed by atoms with van der Waals surface area (Å²) in [6.45, 7) is -0.317. The van der Waals surface area contributed by atoms with Gasteiger partial charge >= 0.3 is 6.16 Å². The molecule has 2 aromatic carbocycles. The van der Waals surface area contributed by atoms with Crippen LogP contribution < -0.4 is 0 Å². The first-order valence-electron chi connectivity index (χ1n) is 6.20. The van der Waals surface area contributed by atoms with Gasteiger partial charge in [0.25, 0.3) is 0 Å². The lowest BCUT2D eigenvalue weighted by atomic mass is 10.2. The van der Waals surface area contributed by atoms with Crippen molar-refractivity contribution in [2.45, 2.75) is 13.2 Å². The Hall–Kier alpha value is -2.11. The van der Waals surface area contributed by atoms with Crippen LogP contribution in [0.1, 0.15) is 11.1 Å². The van der Waals surface area contributed by atoms with E-state index in [-0.39, 0.29) is 24.7 Å². The summed E-state index contributed by atoms with van der Waals surface area (Å²) >= 11 is 11.4. The van der Waals surface area contributed by atoms with Gasteiger partial charge in [-0.25, -0.2) is 4.79 Å². The lowest BCUT2D eigenvalue weighted by Crippen LogP contribution is -2.07. The molecule has 0 atom stereocenters. The van der Waals surface area contributed by atoms with E-state index in [0.717, 1.165) is 0 Å². The summed E-state index contributed by atoms with van der Waals surface area (Å²) in [6.07, 6.45) is -0.927. The summed E-state index contributed by atoms with van der Waals surface area (Å²) < 4.78 is 9.72. The molecule has 2 rings (SSSR count). The molecule has 0 aromatic heterocycles. The minimum absolute atomic E-state index is 0.0735. The SMILES string of the molecule is O=C(OCc1ccc(Cl)cc1O)OCc1ccc(Cl)cc1O. The van der Waals surface area contributed by atoms with Crippen LogP contribution >= 0.6 is 23.2 Å². The van der Waals surface area contributed by atoms with Crippen LogP contribution in [0.3, 0.4) is 0 Å². The van der Waals surface area contributed by atoms with Crippen LogP contribution in [0.15, 0.2) is 36.4 Å². The number of ether oxygens (including phenoxy) is 2. The lowest BCUT2D eigenvalue weighted by molar-refractivity contribution is 0.0439. The highest BCUT2D eigenvalue weighted by Gasteiger charge is 2.10. The lowest BCUT2D eigenvalue weighted by Gasteiger charge is -2.09. The Bertz CT molecular complexity index is 630. The Morgan fingerprint density at radius 3 is 1.64 bits per heavy atom. The summed E-state index contributed by atoms with van der Waals surface area (Å²) in [7, 11) is 0. The number of rotatable bonds is 4. The Kier molecular flexibility index (Phi) is 5.35. The number of carbonyl (C=O) groups excluding carboxylic acids is 1. The summed E-state index contributed by atoms with van der Waals surface area (Å²) in [5.74, 6) is -0.147. The first-order valence-corrected chi connectivity index (χ1v) is 6.95. The number of hydrogen-bond acceptors (Lipinski definition) is 5. The monoisotopic (exact) mass is 342 g/mol. The van der Waals surface area contributed by atoms with Crippen molar-refractivity contribution in [2.24, 2.45) is 0 Å². The highest BCUT2D eigenvalue weighted by atomic mass is 35.5. The second-order valence-electron chi connectivity index (χ2n) is 4.37. The summed E-state index contributed by atoms with van der Waals surface area (Å²) in [5.41, 5.74) is 0.798. The third kappa shape index (κ3) is 4.44. The molecule has 0 spiro atoms. The van der Waals surface area contributed by atoms with Gasteiger partial charge in [-0.1, -0.05) is 35.3 Å². The number of hydrogen-bond donors (Lipinski definition) is 2. The van der Waals surface area contributed by atoms with Crippen LogP contribution in [-0.2, 0) is 22.7 Å². The number of phenols is 2. The predicted octanol–water partition coefficient (Wildman–Crippen LogP) is 4.26. The highest BCUT2D eigenvalue weighted by molar-refractivity contribution is 6.31. The van der Waals surface area contributed by atoms with Crippen LogP contribution in [0.2, 0.25) is 10.0 Å². The fourth-order valence-electron chi connectivity index (χ4n) is 1.63. The molecule has 0 bridgehead atoms. The number of benzene rings is 2. The van der Waals surface area contributed by atoms with Gasteiger partial charge in [0, 0.05) is 21.2 Å². The zero-order chi connectivity index (χ0) is 16.1. The molecule has 0 unspecified atom stereocenters. The number of carbonyl (C=O) groups is 1. The smallest absolute Gasteiger partial charge is 0.507 e. The van der Waals surface area contributed by atoms with E-state index in [4.69, 9.17) is 32.7 Å². The fraction of sp³-hybridized carbons (Fsp3) is 0.133. The van der Waals surface area contributed by atoms with E-state index >= 15 is 0 Å². The first-order chi connectivity index (χ1) is 10.5. The fourth-order valence-corrected chi connectivity index (χ4v) is 1.97. The molecule has 0 fully saturated rings. The van der Waals surface area contributed by atoms with E-state index in [2.05, 4.69) is 0 Å². The second kappa shape index (κ2) is 7.24. The van der Waals surface area contributed by atoms with Crippen LogP contribution in [-0.4, -0.2) is 16.4 Å². The maximum absolute atomic E-state index is 11.5. The molecule has 0 aliphatic heterocycles. The minimum atomic E-state index is -0.927. The Morgan fingerprint density at radius 1 is 0.864 bits per heavy atom. The van der Waals surface area contributed by atoms with Crippen molar-refractivity contribution in [3.05, 3.63) is 57.6 Å². The average Bonchev–Trinajstić information content (AvgIpc) is 2.45. The van der Waals surface area contributed by atoms with Crippen molar-refractivity contribution in [1.82, 2.24) is 0 Å². The predicted molar refractivity (Wildman–Crippen MR) is 81.2 cm³/mol. The molecule has 5 nitrogen and oxygen atoms in total. The van der Waals surface area contributed by atoms with Gasteiger partial charge in [-0.15, -0.1) is 0 Å². The molecule has 0 saturated heterocycles. The van der Waals surface area contributed by atoms with E-state index in [0.29, 0.717) is 21.2 Å². The largest absolute Gasteiger partial charge is 0.508 e. The number of aromatic hydroxyl groups is 2. The molecule has 22 heavy (non-hydrogen) atoms. The van der Waals surface area contributed by atoms with Gasteiger partial charge < -0.3 is 19.7 Å². The van der Waals surface area contributed by atoms with E-state index < -0.39 is 6.16 Å². The van der Waals surface area contributed by atoms with Crippen LogP contribution in [0.5, 0.6) is 11.5 Å². The van der Waals surface area contributed by atoms with Crippen LogP contribution in [0, 0.1) is 0 Å². The van der Waals surface area contributed by atoms with Crippen molar-refractivity contribution >= 4 is 29.4 Å². The molecule has 0 amide bonds. The summed E-state index contributed by atoms with van der Waals surface area (Å²) in [4.78, 5) is 11.5. The molecule has 7 heteroatoms. The Labute approximate surface area is 136 Å². The minimum Gasteiger partial charge on any atom is -0.507 e. The molecule has 2 aromatic rings. The standard InChI is InChI=1S/C15H12Cl2O5/c16-11-3-1-9(13(18)5-11)7-21-15(20)22-8-10-2-4-12(17)6-14(10)19/h1-6,18-19H,7-8H2. The van der Waals surface area contributed by atoms with Gasteiger partial charge in [0.05, 0.1) is 0 Å². The van der Waals surface area contributed by atoms with Gasteiger partial charge in [-0.2, -0.15) is 0 Å². The molecule has 116 valence electrons. The number of halogens is 2. The van der Waals surface area contributed by atoms with Crippen LogP contribution in [0.4, 0.5) is 4.79 Å². The Morgan fingerprint density at radius 2 is 1.27 bits per heavy atom. The van der Waals surface area contributed by atoms with Crippen LogP contribution in [0.25, 0.3) is 0 Å².